The Balaban J connectivity index is 1.41. The van der Waals surface area contributed by atoms with Crippen LogP contribution in [0.2, 0.25) is 0 Å². The Morgan fingerprint density at radius 3 is 2.77 bits per heavy atom. The SMILES string of the molecule is COc1cc2c(c(N3CCC(COc4ccccn4)CC3)c1)C=C(C)C2. The fraction of sp³-hybridized carbons (Fsp3) is 0.409. The van der Waals surface area contributed by atoms with Crippen LogP contribution >= 0.6 is 0 Å². The monoisotopic (exact) mass is 350 g/mol. The molecule has 26 heavy (non-hydrogen) atoms. The molecule has 0 radical (unpaired) electrons. The number of aromatic nitrogens is 1. The van der Waals surface area contributed by atoms with Crippen LogP contribution in [0, 0.1) is 5.92 Å². The van der Waals surface area contributed by atoms with Gasteiger partial charge >= 0.3 is 0 Å². The van der Waals surface area contributed by atoms with Gasteiger partial charge in [0, 0.05) is 42.7 Å². The molecule has 4 nitrogen and oxygen atoms in total. The molecule has 2 aliphatic rings. The third-order valence-corrected chi connectivity index (χ3v) is 5.37. The van der Waals surface area contributed by atoms with E-state index in [1.165, 1.54) is 22.4 Å². The molecule has 4 rings (SSSR count). The van der Waals surface area contributed by atoms with Gasteiger partial charge in [-0.25, -0.2) is 4.98 Å². The Hall–Kier alpha value is -2.49. The van der Waals surface area contributed by atoms with E-state index in [1.807, 2.05) is 18.2 Å². The van der Waals surface area contributed by atoms with Crippen molar-refractivity contribution < 1.29 is 9.47 Å². The molecule has 0 atom stereocenters. The second-order valence-corrected chi connectivity index (χ2v) is 7.30. The maximum absolute atomic E-state index is 5.85. The zero-order valence-electron chi connectivity index (χ0n) is 15.6. The predicted molar refractivity (Wildman–Crippen MR) is 105 cm³/mol. The lowest BCUT2D eigenvalue weighted by molar-refractivity contribution is 0.216. The Kier molecular flexibility index (Phi) is 4.83. The van der Waals surface area contributed by atoms with E-state index in [9.17, 15) is 0 Å². The molecule has 4 heteroatoms. The highest BCUT2D eigenvalue weighted by Crippen LogP contribution is 2.38. The minimum Gasteiger partial charge on any atom is -0.497 e. The first-order valence-corrected chi connectivity index (χ1v) is 9.40. The minimum atomic E-state index is 0.587. The number of hydrogen-bond donors (Lipinski definition) is 0. The summed E-state index contributed by atoms with van der Waals surface area (Å²) in [6, 6.07) is 10.2. The van der Waals surface area contributed by atoms with Gasteiger partial charge in [0.15, 0.2) is 0 Å². The molecule has 136 valence electrons. The van der Waals surface area contributed by atoms with Gasteiger partial charge in [-0.2, -0.15) is 0 Å². The van der Waals surface area contributed by atoms with Crippen LogP contribution in [0.25, 0.3) is 6.08 Å². The number of piperidine rings is 1. The first kappa shape index (κ1) is 17.0. The summed E-state index contributed by atoms with van der Waals surface area (Å²) in [5.74, 6) is 2.27. The van der Waals surface area contributed by atoms with Crippen LogP contribution in [0.5, 0.6) is 11.6 Å². The molecular formula is C22H26N2O2. The molecule has 1 saturated heterocycles. The molecule has 1 aromatic heterocycles. The van der Waals surface area contributed by atoms with Gasteiger partial charge in [-0.1, -0.05) is 17.7 Å². The van der Waals surface area contributed by atoms with Crippen LogP contribution in [0.3, 0.4) is 0 Å². The summed E-state index contributed by atoms with van der Waals surface area (Å²) in [7, 11) is 1.75. The van der Waals surface area contributed by atoms with Crippen molar-refractivity contribution in [1.82, 2.24) is 4.98 Å². The number of benzene rings is 1. The first-order chi connectivity index (χ1) is 12.7. The van der Waals surface area contributed by atoms with Crippen LogP contribution < -0.4 is 14.4 Å². The lowest BCUT2D eigenvalue weighted by Crippen LogP contribution is -2.36. The third-order valence-electron chi connectivity index (χ3n) is 5.37. The van der Waals surface area contributed by atoms with Gasteiger partial charge in [0.2, 0.25) is 5.88 Å². The zero-order chi connectivity index (χ0) is 17.9. The highest BCUT2D eigenvalue weighted by Gasteiger charge is 2.24. The number of rotatable bonds is 5. The highest BCUT2D eigenvalue weighted by molar-refractivity contribution is 5.77. The van der Waals surface area contributed by atoms with E-state index in [0.29, 0.717) is 5.92 Å². The van der Waals surface area contributed by atoms with E-state index in [4.69, 9.17) is 9.47 Å². The summed E-state index contributed by atoms with van der Waals surface area (Å²) in [6.45, 7) is 5.07. The summed E-state index contributed by atoms with van der Waals surface area (Å²) in [5, 5.41) is 0. The Morgan fingerprint density at radius 1 is 1.19 bits per heavy atom. The fourth-order valence-electron chi connectivity index (χ4n) is 3.93. The smallest absolute Gasteiger partial charge is 0.213 e. The predicted octanol–water partition coefficient (Wildman–Crippen LogP) is 4.35. The third kappa shape index (κ3) is 3.55. The normalized spacial score (nSPS) is 17.0. The number of fused-ring (bicyclic) bond motifs is 1. The number of anilines is 1. The summed E-state index contributed by atoms with van der Waals surface area (Å²) in [5.41, 5.74) is 5.51. The average Bonchev–Trinajstić information content (AvgIpc) is 3.07. The number of pyridine rings is 1. The lowest BCUT2D eigenvalue weighted by atomic mass is 9.96. The van der Waals surface area contributed by atoms with E-state index >= 15 is 0 Å². The van der Waals surface area contributed by atoms with E-state index < -0.39 is 0 Å². The van der Waals surface area contributed by atoms with E-state index in [2.05, 4.69) is 35.0 Å². The van der Waals surface area contributed by atoms with Crippen molar-refractivity contribution in [3.63, 3.8) is 0 Å². The standard InChI is InChI=1S/C22H26N2O2/c1-16-11-18-13-19(25-2)14-21(20(18)12-16)24-9-6-17(7-10-24)15-26-22-5-3-4-8-23-22/h3-5,8,12-14,17H,6-7,9-11,15H2,1-2H3. The van der Waals surface area contributed by atoms with E-state index in [0.717, 1.165) is 50.6 Å². The summed E-state index contributed by atoms with van der Waals surface area (Å²) in [4.78, 5) is 6.75. The number of allylic oxidation sites excluding steroid dienone is 1. The molecule has 1 aliphatic heterocycles. The Labute approximate surface area is 155 Å². The van der Waals surface area contributed by atoms with Crippen molar-refractivity contribution in [2.75, 3.05) is 31.7 Å². The van der Waals surface area contributed by atoms with Gasteiger partial charge < -0.3 is 14.4 Å². The van der Waals surface area contributed by atoms with Crippen LogP contribution in [-0.4, -0.2) is 31.8 Å². The van der Waals surface area contributed by atoms with Gasteiger partial charge in [0.1, 0.15) is 5.75 Å². The molecule has 2 heterocycles. The molecule has 0 bridgehead atoms. The molecule has 2 aromatic rings. The van der Waals surface area contributed by atoms with E-state index in [-0.39, 0.29) is 0 Å². The van der Waals surface area contributed by atoms with Gasteiger partial charge in [0.05, 0.1) is 13.7 Å². The van der Waals surface area contributed by atoms with Crippen molar-refractivity contribution in [2.45, 2.75) is 26.2 Å². The Bertz CT molecular complexity index is 793. The van der Waals surface area contributed by atoms with Crippen molar-refractivity contribution >= 4 is 11.8 Å². The van der Waals surface area contributed by atoms with Crippen molar-refractivity contribution in [3.8, 4) is 11.6 Å². The average molecular weight is 350 g/mol. The molecule has 0 unspecified atom stereocenters. The van der Waals surface area contributed by atoms with Crippen LogP contribution in [0.4, 0.5) is 5.69 Å². The number of nitrogens with zero attached hydrogens (tertiary/aromatic N) is 2. The Morgan fingerprint density at radius 2 is 2.04 bits per heavy atom. The quantitative estimate of drug-likeness (QED) is 0.803. The minimum absolute atomic E-state index is 0.587. The number of methoxy groups -OCH3 is 1. The molecular weight excluding hydrogens is 324 g/mol. The molecule has 0 amide bonds. The molecule has 1 fully saturated rings. The van der Waals surface area contributed by atoms with Crippen LogP contribution in [0.1, 0.15) is 30.9 Å². The largest absolute Gasteiger partial charge is 0.497 e. The number of hydrogen-bond acceptors (Lipinski definition) is 4. The van der Waals surface area contributed by atoms with Gasteiger partial charge in [0.25, 0.3) is 0 Å². The molecule has 1 aromatic carbocycles. The first-order valence-electron chi connectivity index (χ1n) is 9.40. The maximum atomic E-state index is 5.85. The molecule has 0 spiro atoms. The molecule has 0 N–H and O–H groups in total. The lowest BCUT2D eigenvalue weighted by Gasteiger charge is -2.34. The van der Waals surface area contributed by atoms with Gasteiger partial charge in [-0.15, -0.1) is 0 Å². The summed E-state index contributed by atoms with van der Waals surface area (Å²) >= 11 is 0. The van der Waals surface area contributed by atoms with Crippen molar-refractivity contribution in [2.24, 2.45) is 5.92 Å². The second kappa shape index (κ2) is 7.40. The topological polar surface area (TPSA) is 34.6 Å². The van der Waals surface area contributed by atoms with Crippen LogP contribution in [0.15, 0.2) is 42.1 Å². The maximum Gasteiger partial charge on any atom is 0.213 e. The van der Waals surface area contributed by atoms with Gasteiger partial charge in [-0.3, -0.25) is 0 Å². The fourth-order valence-corrected chi connectivity index (χ4v) is 3.93. The van der Waals surface area contributed by atoms with Gasteiger partial charge in [-0.05, 0) is 49.8 Å². The van der Waals surface area contributed by atoms with Crippen molar-refractivity contribution in [1.29, 1.82) is 0 Å². The van der Waals surface area contributed by atoms with E-state index in [1.54, 1.807) is 13.3 Å². The summed E-state index contributed by atoms with van der Waals surface area (Å²) in [6.07, 6.45) is 7.42. The molecule has 0 saturated carbocycles. The van der Waals surface area contributed by atoms with Crippen molar-refractivity contribution in [3.05, 3.63) is 53.2 Å². The number of ether oxygens (including phenoxy) is 2. The highest BCUT2D eigenvalue weighted by atomic mass is 16.5. The second-order valence-electron chi connectivity index (χ2n) is 7.30. The zero-order valence-corrected chi connectivity index (χ0v) is 15.6. The summed E-state index contributed by atoms with van der Waals surface area (Å²) < 4.78 is 11.4. The molecule has 1 aliphatic carbocycles. The van der Waals surface area contributed by atoms with Crippen LogP contribution in [-0.2, 0) is 6.42 Å².